The van der Waals surface area contributed by atoms with E-state index in [0.717, 1.165) is 64.5 Å². The van der Waals surface area contributed by atoms with Crippen molar-refractivity contribution >= 4 is 5.96 Å². The molecule has 0 amide bonds. The zero-order valence-corrected chi connectivity index (χ0v) is 17.4. The van der Waals surface area contributed by atoms with Crippen molar-refractivity contribution < 1.29 is 5.11 Å². The first-order valence-corrected chi connectivity index (χ1v) is 10.5. The number of hydrogen-bond acceptors (Lipinski definition) is 3. The topological polar surface area (TPSA) is 59.9 Å². The molecule has 0 radical (unpaired) electrons. The Morgan fingerprint density at radius 3 is 2.70 bits per heavy atom. The molecule has 5 nitrogen and oxygen atoms in total. The van der Waals surface area contributed by atoms with E-state index >= 15 is 0 Å². The van der Waals surface area contributed by atoms with Gasteiger partial charge in [-0.15, -0.1) is 0 Å². The van der Waals surface area contributed by atoms with E-state index in [-0.39, 0.29) is 6.61 Å². The van der Waals surface area contributed by atoms with Crippen LogP contribution in [0.1, 0.15) is 44.7 Å². The van der Waals surface area contributed by atoms with E-state index < -0.39 is 0 Å². The van der Waals surface area contributed by atoms with Crippen molar-refractivity contribution in [1.29, 1.82) is 0 Å². The summed E-state index contributed by atoms with van der Waals surface area (Å²) in [5, 5.41) is 16.1. The Labute approximate surface area is 165 Å². The maximum atomic E-state index is 9.29. The number of aliphatic imine (C=N–C) groups is 1. The molecule has 1 unspecified atom stereocenters. The maximum absolute atomic E-state index is 9.29. The van der Waals surface area contributed by atoms with Gasteiger partial charge >= 0.3 is 0 Å². The van der Waals surface area contributed by atoms with Gasteiger partial charge in [-0.3, -0.25) is 9.89 Å². The van der Waals surface area contributed by atoms with Crippen molar-refractivity contribution in [2.45, 2.75) is 46.6 Å². The summed E-state index contributed by atoms with van der Waals surface area (Å²) in [5.74, 6) is 1.97. The fraction of sp³-hybridized carbons (Fsp3) is 0.682. The molecule has 27 heavy (non-hydrogen) atoms. The molecule has 5 heteroatoms. The Bertz CT molecular complexity index is 573. The average molecular weight is 375 g/mol. The standard InChI is InChI=1S/C22H38N4O/c1-4-23-22(25-16-19(10-14-27)15-18(2)3)24-11-13-26-12-9-20-7-5-6-8-21(20)17-26/h5-8,18-19,27H,4,9-17H2,1-3H3,(H2,23,24,25). The molecule has 1 aliphatic rings. The van der Waals surface area contributed by atoms with Crippen LogP contribution >= 0.6 is 0 Å². The van der Waals surface area contributed by atoms with Gasteiger partial charge in [0.15, 0.2) is 5.96 Å². The van der Waals surface area contributed by atoms with Crippen LogP contribution in [0.2, 0.25) is 0 Å². The highest BCUT2D eigenvalue weighted by atomic mass is 16.3. The highest BCUT2D eigenvalue weighted by Gasteiger charge is 2.15. The van der Waals surface area contributed by atoms with Gasteiger partial charge in [0.25, 0.3) is 0 Å². The molecule has 1 aromatic carbocycles. The zero-order valence-electron chi connectivity index (χ0n) is 17.4. The lowest BCUT2D eigenvalue weighted by molar-refractivity contribution is 0.245. The molecule has 152 valence electrons. The van der Waals surface area contributed by atoms with Crippen LogP contribution < -0.4 is 10.6 Å². The van der Waals surface area contributed by atoms with E-state index in [1.165, 1.54) is 11.1 Å². The van der Waals surface area contributed by atoms with Crippen LogP contribution in [0, 0.1) is 11.8 Å². The number of nitrogens with zero attached hydrogens (tertiary/aromatic N) is 2. The number of nitrogens with one attached hydrogen (secondary N) is 2. The number of aliphatic hydroxyl groups is 1. The van der Waals surface area contributed by atoms with Gasteiger partial charge in [0, 0.05) is 45.9 Å². The quantitative estimate of drug-likeness (QED) is 0.435. The van der Waals surface area contributed by atoms with Gasteiger partial charge in [-0.25, -0.2) is 0 Å². The Balaban J connectivity index is 1.80. The number of benzene rings is 1. The molecule has 1 aromatic rings. The summed E-state index contributed by atoms with van der Waals surface area (Å²) in [4.78, 5) is 7.28. The molecular formula is C22H38N4O. The molecule has 0 aromatic heterocycles. The number of guanidine groups is 1. The van der Waals surface area contributed by atoms with Gasteiger partial charge < -0.3 is 15.7 Å². The number of rotatable bonds is 10. The third-order valence-corrected chi connectivity index (χ3v) is 5.12. The van der Waals surface area contributed by atoms with Gasteiger partial charge in [-0.1, -0.05) is 38.1 Å². The molecule has 3 N–H and O–H groups in total. The lowest BCUT2D eigenvalue weighted by Crippen LogP contribution is -2.42. The highest BCUT2D eigenvalue weighted by Crippen LogP contribution is 2.18. The second-order valence-corrected chi connectivity index (χ2v) is 7.95. The third-order valence-electron chi connectivity index (χ3n) is 5.12. The number of fused-ring (bicyclic) bond motifs is 1. The molecule has 2 rings (SSSR count). The first kappa shape index (κ1) is 21.7. The van der Waals surface area contributed by atoms with Gasteiger partial charge in [-0.2, -0.15) is 0 Å². The van der Waals surface area contributed by atoms with Gasteiger partial charge in [-0.05, 0) is 49.1 Å². The maximum Gasteiger partial charge on any atom is 0.191 e. The van der Waals surface area contributed by atoms with E-state index in [9.17, 15) is 5.11 Å². The van der Waals surface area contributed by atoms with E-state index in [1.54, 1.807) is 0 Å². The average Bonchev–Trinajstić information content (AvgIpc) is 2.65. The van der Waals surface area contributed by atoms with Gasteiger partial charge in [0.2, 0.25) is 0 Å². The van der Waals surface area contributed by atoms with Crippen LogP contribution in [0.5, 0.6) is 0 Å². The second kappa shape index (κ2) is 12.0. The molecule has 0 bridgehead atoms. The van der Waals surface area contributed by atoms with Crippen molar-refractivity contribution in [3.63, 3.8) is 0 Å². The van der Waals surface area contributed by atoms with E-state index in [0.29, 0.717) is 11.8 Å². The first-order chi connectivity index (χ1) is 13.1. The molecule has 1 atom stereocenters. The molecule has 1 aliphatic heterocycles. The minimum Gasteiger partial charge on any atom is -0.396 e. The minimum atomic E-state index is 0.243. The molecule has 0 saturated heterocycles. The van der Waals surface area contributed by atoms with E-state index in [2.05, 4.69) is 60.6 Å². The molecule has 0 saturated carbocycles. The summed E-state index contributed by atoms with van der Waals surface area (Å²) in [5.41, 5.74) is 2.96. The van der Waals surface area contributed by atoms with Gasteiger partial charge in [0.1, 0.15) is 0 Å². The van der Waals surface area contributed by atoms with Crippen LogP contribution in [-0.4, -0.2) is 55.3 Å². The molecular weight excluding hydrogens is 336 g/mol. The summed E-state index contributed by atoms with van der Waals surface area (Å²) >= 11 is 0. The zero-order chi connectivity index (χ0) is 19.5. The van der Waals surface area contributed by atoms with Crippen molar-refractivity contribution in [3.05, 3.63) is 35.4 Å². The van der Waals surface area contributed by atoms with E-state index in [1.807, 2.05) is 0 Å². The van der Waals surface area contributed by atoms with E-state index in [4.69, 9.17) is 4.99 Å². The van der Waals surface area contributed by atoms with Crippen LogP contribution in [0.25, 0.3) is 0 Å². The summed E-state index contributed by atoms with van der Waals surface area (Å²) in [7, 11) is 0. The minimum absolute atomic E-state index is 0.243. The lowest BCUT2D eigenvalue weighted by Gasteiger charge is -2.29. The van der Waals surface area contributed by atoms with Crippen LogP contribution in [-0.2, 0) is 13.0 Å². The summed E-state index contributed by atoms with van der Waals surface area (Å²) < 4.78 is 0. The molecule has 1 heterocycles. The lowest BCUT2D eigenvalue weighted by atomic mass is 9.94. The smallest absolute Gasteiger partial charge is 0.191 e. The number of hydrogen-bond donors (Lipinski definition) is 3. The van der Waals surface area contributed by atoms with Crippen LogP contribution in [0.15, 0.2) is 29.3 Å². The van der Waals surface area contributed by atoms with Crippen LogP contribution in [0.3, 0.4) is 0 Å². The van der Waals surface area contributed by atoms with Crippen LogP contribution in [0.4, 0.5) is 0 Å². The van der Waals surface area contributed by atoms with Crippen molar-refractivity contribution in [1.82, 2.24) is 15.5 Å². The largest absolute Gasteiger partial charge is 0.396 e. The predicted molar refractivity (Wildman–Crippen MR) is 114 cm³/mol. The monoisotopic (exact) mass is 374 g/mol. The van der Waals surface area contributed by atoms with Crippen molar-refractivity contribution in [3.8, 4) is 0 Å². The van der Waals surface area contributed by atoms with Gasteiger partial charge in [0.05, 0.1) is 0 Å². The van der Waals surface area contributed by atoms with Crippen molar-refractivity contribution in [2.24, 2.45) is 16.8 Å². The summed E-state index contributed by atoms with van der Waals surface area (Å²) in [6, 6.07) is 8.77. The Morgan fingerprint density at radius 2 is 2.00 bits per heavy atom. The fourth-order valence-electron chi connectivity index (χ4n) is 3.77. The molecule has 0 aliphatic carbocycles. The third kappa shape index (κ3) is 7.89. The number of aliphatic hydroxyl groups excluding tert-OH is 1. The summed E-state index contributed by atoms with van der Waals surface area (Å²) in [6.45, 7) is 12.5. The summed E-state index contributed by atoms with van der Waals surface area (Å²) in [6.07, 6.45) is 3.08. The Hall–Kier alpha value is -1.59. The second-order valence-electron chi connectivity index (χ2n) is 7.95. The van der Waals surface area contributed by atoms with Crippen molar-refractivity contribution in [2.75, 3.05) is 39.3 Å². The normalized spacial score (nSPS) is 16.3. The highest BCUT2D eigenvalue weighted by molar-refractivity contribution is 5.79. The Kier molecular flexibility index (Phi) is 9.64. The first-order valence-electron chi connectivity index (χ1n) is 10.5. The Morgan fingerprint density at radius 1 is 1.22 bits per heavy atom. The fourth-order valence-corrected chi connectivity index (χ4v) is 3.77. The predicted octanol–water partition coefficient (Wildman–Crippen LogP) is 2.64. The SMILES string of the molecule is CCNC(=NCC(CCO)CC(C)C)NCCN1CCc2ccccc2C1. The molecule has 0 spiro atoms. The molecule has 0 fully saturated rings.